The Hall–Kier alpha value is -3.20. The van der Waals surface area contributed by atoms with Gasteiger partial charge in [-0.25, -0.2) is 9.37 Å². The van der Waals surface area contributed by atoms with Crippen LogP contribution in [0.25, 0.3) is 44.0 Å². The number of halogens is 1. The first kappa shape index (κ1) is 13.3. The van der Waals surface area contributed by atoms with Crippen molar-refractivity contribution in [1.29, 1.82) is 0 Å². The van der Waals surface area contributed by atoms with Crippen molar-refractivity contribution in [2.24, 2.45) is 0 Å². The van der Waals surface area contributed by atoms with Crippen molar-refractivity contribution in [1.82, 2.24) is 9.97 Å². The van der Waals surface area contributed by atoms with Gasteiger partial charge in [0.05, 0.1) is 11.0 Å². The van der Waals surface area contributed by atoms with Gasteiger partial charge in [-0.15, -0.1) is 0 Å². The standard InChI is InChI=1S/C21H13FN2/c22-14-11-9-13(10-12-14)21-23-19-17-7-3-1-5-15(17)16-6-2-4-8-18(16)20(19)24-21/h1-12H,(H,23,24). The maximum absolute atomic E-state index is 13.2. The van der Waals surface area contributed by atoms with E-state index >= 15 is 0 Å². The van der Waals surface area contributed by atoms with Gasteiger partial charge in [-0.1, -0.05) is 48.5 Å². The second-order valence-electron chi connectivity index (χ2n) is 5.91. The Balaban J connectivity index is 1.93. The van der Waals surface area contributed by atoms with E-state index in [0.717, 1.165) is 33.2 Å². The number of aromatic amines is 1. The molecular weight excluding hydrogens is 299 g/mol. The minimum absolute atomic E-state index is 0.245. The van der Waals surface area contributed by atoms with E-state index < -0.39 is 0 Å². The molecule has 0 aliphatic rings. The first-order chi connectivity index (χ1) is 11.8. The highest BCUT2D eigenvalue weighted by Crippen LogP contribution is 2.34. The van der Waals surface area contributed by atoms with Crippen LogP contribution in [0.1, 0.15) is 0 Å². The lowest BCUT2D eigenvalue weighted by atomic mass is 10.0. The van der Waals surface area contributed by atoms with Crippen molar-refractivity contribution in [2.75, 3.05) is 0 Å². The minimum atomic E-state index is -0.245. The minimum Gasteiger partial charge on any atom is -0.337 e. The monoisotopic (exact) mass is 312 g/mol. The van der Waals surface area contributed by atoms with E-state index in [1.807, 2.05) is 18.2 Å². The van der Waals surface area contributed by atoms with Gasteiger partial charge in [0.25, 0.3) is 0 Å². The topological polar surface area (TPSA) is 28.7 Å². The molecule has 0 unspecified atom stereocenters. The fourth-order valence-corrected chi connectivity index (χ4v) is 3.37. The largest absolute Gasteiger partial charge is 0.337 e. The van der Waals surface area contributed by atoms with Crippen LogP contribution in [0.2, 0.25) is 0 Å². The summed E-state index contributed by atoms with van der Waals surface area (Å²) in [4.78, 5) is 8.25. The molecule has 1 N–H and O–H groups in total. The summed E-state index contributed by atoms with van der Waals surface area (Å²) in [6, 6.07) is 23.0. The van der Waals surface area contributed by atoms with Crippen LogP contribution in [0.15, 0.2) is 72.8 Å². The molecule has 0 aliphatic heterocycles. The summed E-state index contributed by atoms with van der Waals surface area (Å²) in [5.74, 6) is 0.511. The maximum atomic E-state index is 13.2. The predicted molar refractivity (Wildman–Crippen MR) is 96.5 cm³/mol. The molecular formula is C21H13FN2. The first-order valence-corrected chi connectivity index (χ1v) is 7.86. The van der Waals surface area contributed by atoms with Gasteiger partial charge in [-0.2, -0.15) is 0 Å². The van der Waals surface area contributed by atoms with Crippen LogP contribution >= 0.6 is 0 Å². The Morgan fingerprint density at radius 2 is 1.25 bits per heavy atom. The van der Waals surface area contributed by atoms with Crippen molar-refractivity contribution in [3.8, 4) is 11.4 Å². The first-order valence-electron chi connectivity index (χ1n) is 7.86. The summed E-state index contributed by atoms with van der Waals surface area (Å²) in [5, 5.41) is 4.66. The quantitative estimate of drug-likeness (QED) is 0.397. The van der Waals surface area contributed by atoms with Gasteiger partial charge in [0.2, 0.25) is 0 Å². The lowest BCUT2D eigenvalue weighted by Gasteiger charge is -2.05. The van der Waals surface area contributed by atoms with Crippen LogP contribution in [0.3, 0.4) is 0 Å². The van der Waals surface area contributed by atoms with Crippen molar-refractivity contribution in [3.05, 3.63) is 78.6 Å². The van der Waals surface area contributed by atoms with Crippen molar-refractivity contribution >= 4 is 32.6 Å². The highest BCUT2D eigenvalue weighted by atomic mass is 19.1. The zero-order chi connectivity index (χ0) is 16.1. The fraction of sp³-hybridized carbons (Fsp3) is 0. The molecule has 0 saturated carbocycles. The third kappa shape index (κ3) is 1.85. The average Bonchev–Trinajstić information content (AvgIpc) is 3.08. The van der Waals surface area contributed by atoms with Crippen LogP contribution in [-0.4, -0.2) is 9.97 Å². The summed E-state index contributed by atoms with van der Waals surface area (Å²) >= 11 is 0. The number of nitrogens with one attached hydrogen (secondary N) is 1. The van der Waals surface area contributed by atoms with E-state index in [2.05, 4.69) is 35.3 Å². The second kappa shape index (κ2) is 4.90. The molecule has 114 valence electrons. The number of hydrogen-bond donors (Lipinski definition) is 1. The molecule has 0 aliphatic carbocycles. The third-order valence-corrected chi connectivity index (χ3v) is 4.49. The average molecular weight is 312 g/mol. The predicted octanol–water partition coefficient (Wildman–Crippen LogP) is 5.68. The van der Waals surface area contributed by atoms with Crippen LogP contribution in [0, 0.1) is 5.82 Å². The van der Waals surface area contributed by atoms with Crippen LogP contribution in [-0.2, 0) is 0 Å². The number of imidazole rings is 1. The van der Waals surface area contributed by atoms with E-state index in [1.54, 1.807) is 12.1 Å². The van der Waals surface area contributed by atoms with Gasteiger partial charge in [0.15, 0.2) is 0 Å². The summed E-state index contributed by atoms with van der Waals surface area (Å²) in [5.41, 5.74) is 2.84. The number of nitrogens with zero attached hydrogens (tertiary/aromatic N) is 1. The smallest absolute Gasteiger partial charge is 0.138 e. The highest BCUT2D eigenvalue weighted by molar-refractivity contribution is 6.23. The molecule has 5 rings (SSSR count). The van der Waals surface area contributed by atoms with Gasteiger partial charge in [-0.3, -0.25) is 0 Å². The van der Waals surface area contributed by atoms with Crippen molar-refractivity contribution < 1.29 is 4.39 Å². The fourth-order valence-electron chi connectivity index (χ4n) is 3.37. The number of benzene rings is 4. The molecule has 4 aromatic carbocycles. The number of rotatable bonds is 1. The Morgan fingerprint density at radius 3 is 1.96 bits per heavy atom. The molecule has 0 bridgehead atoms. The van der Waals surface area contributed by atoms with E-state index in [-0.39, 0.29) is 5.82 Å². The van der Waals surface area contributed by atoms with E-state index in [0.29, 0.717) is 0 Å². The van der Waals surface area contributed by atoms with E-state index in [1.165, 1.54) is 22.9 Å². The van der Waals surface area contributed by atoms with Gasteiger partial charge < -0.3 is 4.98 Å². The zero-order valence-corrected chi connectivity index (χ0v) is 12.8. The Kier molecular flexibility index (Phi) is 2.71. The molecule has 0 amide bonds. The highest BCUT2D eigenvalue weighted by Gasteiger charge is 2.13. The van der Waals surface area contributed by atoms with Gasteiger partial charge in [-0.05, 0) is 35.0 Å². The van der Waals surface area contributed by atoms with E-state index in [9.17, 15) is 4.39 Å². The molecule has 24 heavy (non-hydrogen) atoms. The van der Waals surface area contributed by atoms with Gasteiger partial charge in [0.1, 0.15) is 11.6 Å². The van der Waals surface area contributed by atoms with Gasteiger partial charge >= 0.3 is 0 Å². The van der Waals surface area contributed by atoms with E-state index in [4.69, 9.17) is 4.98 Å². The molecule has 3 heteroatoms. The zero-order valence-electron chi connectivity index (χ0n) is 12.8. The lowest BCUT2D eigenvalue weighted by Crippen LogP contribution is -1.81. The number of fused-ring (bicyclic) bond motifs is 6. The number of aromatic nitrogens is 2. The molecule has 5 aromatic rings. The Labute approximate surface area is 137 Å². The molecule has 0 radical (unpaired) electrons. The van der Waals surface area contributed by atoms with Gasteiger partial charge in [0, 0.05) is 16.3 Å². The molecule has 0 fully saturated rings. The molecule has 0 saturated heterocycles. The summed E-state index contributed by atoms with van der Waals surface area (Å²) in [6.07, 6.45) is 0. The molecule has 0 spiro atoms. The summed E-state index contributed by atoms with van der Waals surface area (Å²) < 4.78 is 13.2. The van der Waals surface area contributed by atoms with Crippen molar-refractivity contribution in [3.63, 3.8) is 0 Å². The summed E-state index contributed by atoms with van der Waals surface area (Å²) in [7, 11) is 0. The Morgan fingerprint density at radius 1 is 0.667 bits per heavy atom. The SMILES string of the molecule is Fc1ccc(-c2nc3c4ccccc4c4ccccc4c3[nH]2)cc1. The molecule has 2 nitrogen and oxygen atoms in total. The van der Waals surface area contributed by atoms with Crippen LogP contribution < -0.4 is 0 Å². The third-order valence-electron chi connectivity index (χ3n) is 4.49. The number of hydrogen-bond acceptors (Lipinski definition) is 1. The summed E-state index contributed by atoms with van der Waals surface area (Å²) in [6.45, 7) is 0. The second-order valence-corrected chi connectivity index (χ2v) is 5.91. The number of H-pyrrole nitrogens is 1. The molecule has 1 aromatic heterocycles. The van der Waals surface area contributed by atoms with Crippen LogP contribution in [0.4, 0.5) is 4.39 Å². The maximum Gasteiger partial charge on any atom is 0.138 e. The molecule has 1 heterocycles. The van der Waals surface area contributed by atoms with Crippen LogP contribution in [0.5, 0.6) is 0 Å². The molecule has 0 atom stereocenters. The van der Waals surface area contributed by atoms with Crippen molar-refractivity contribution in [2.45, 2.75) is 0 Å². The Bertz CT molecular complexity index is 1130. The lowest BCUT2D eigenvalue weighted by molar-refractivity contribution is 0.628. The normalized spacial score (nSPS) is 11.5.